The Kier molecular flexibility index (Phi) is 10.1. The molecule has 138 valence electrons. The van der Waals surface area contributed by atoms with E-state index in [4.69, 9.17) is 9.15 Å². The van der Waals surface area contributed by atoms with Crippen LogP contribution in [0.1, 0.15) is 25.2 Å². The van der Waals surface area contributed by atoms with Crippen molar-refractivity contribution in [1.29, 1.82) is 0 Å². The monoisotopic (exact) mass is 457 g/mol. The summed E-state index contributed by atoms with van der Waals surface area (Å²) in [6.45, 7) is 6.48. The molecule has 0 aliphatic carbocycles. The molecule has 0 atom stereocenters. The minimum Gasteiger partial charge on any atom is -0.493 e. The molecule has 2 rings (SSSR count). The number of aliphatic imine (C=N–C) groups is 1. The van der Waals surface area contributed by atoms with Gasteiger partial charge in [-0.25, -0.2) is 0 Å². The Morgan fingerprint density at radius 1 is 1.20 bits per heavy atom. The van der Waals surface area contributed by atoms with Crippen molar-refractivity contribution in [2.45, 2.75) is 26.8 Å². The molecule has 0 spiro atoms. The number of rotatable bonds is 8. The largest absolute Gasteiger partial charge is 0.493 e. The van der Waals surface area contributed by atoms with Gasteiger partial charge >= 0.3 is 0 Å². The number of hydrogen-bond donors (Lipinski definition) is 2. The fraction of sp³-hybridized carbons (Fsp3) is 0.421. The first kappa shape index (κ1) is 21.3. The summed E-state index contributed by atoms with van der Waals surface area (Å²) in [4.78, 5) is 4.24. The molecule has 0 aliphatic rings. The first-order chi connectivity index (χ1) is 11.7. The van der Waals surface area contributed by atoms with Crippen molar-refractivity contribution in [1.82, 2.24) is 10.6 Å². The van der Waals surface area contributed by atoms with E-state index in [1.54, 1.807) is 13.3 Å². The van der Waals surface area contributed by atoms with E-state index in [9.17, 15) is 0 Å². The van der Waals surface area contributed by atoms with Crippen LogP contribution in [0.2, 0.25) is 0 Å². The second-order valence-corrected chi connectivity index (χ2v) is 6.03. The third-order valence-corrected chi connectivity index (χ3v) is 3.41. The third-order valence-electron chi connectivity index (χ3n) is 3.41. The molecule has 0 amide bonds. The normalized spacial score (nSPS) is 11.1. The van der Waals surface area contributed by atoms with Crippen molar-refractivity contribution in [3.8, 4) is 5.75 Å². The van der Waals surface area contributed by atoms with Gasteiger partial charge in [-0.15, -0.1) is 24.0 Å². The number of guanidine groups is 1. The molecule has 6 heteroatoms. The molecule has 1 aromatic heterocycles. The standard InChI is InChI=1S/C19H27N3O2.HI/c1-15(2)14-24-18-7-4-6-16(12-18)13-22-19(20-3)21-10-9-17-8-5-11-23-17;/h4-8,11-12,15H,9-10,13-14H2,1-3H3,(H2,20,21,22);1H. The second kappa shape index (κ2) is 11.8. The van der Waals surface area contributed by atoms with Crippen molar-refractivity contribution < 1.29 is 9.15 Å². The van der Waals surface area contributed by atoms with Gasteiger partial charge in [-0.3, -0.25) is 4.99 Å². The van der Waals surface area contributed by atoms with E-state index in [-0.39, 0.29) is 24.0 Å². The molecule has 0 saturated heterocycles. The Bertz CT molecular complexity index is 627. The first-order valence-electron chi connectivity index (χ1n) is 8.36. The fourth-order valence-corrected chi connectivity index (χ4v) is 2.17. The molecule has 25 heavy (non-hydrogen) atoms. The lowest BCUT2D eigenvalue weighted by atomic mass is 10.2. The quantitative estimate of drug-likeness (QED) is 0.359. The van der Waals surface area contributed by atoms with Gasteiger partial charge in [0.1, 0.15) is 11.5 Å². The molecule has 2 aromatic rings. The average molecular weight is 457 g/mol. The molecule has 1 heterocycles. The first-order valence-corrected chi connectivity index (χ1v) is 8.36. The summed E-state index contributed by atoms with van der Waals surface area (Å²) < 4.78 is 11.1. The Labute approximate surface area is 167 Å². The summed E-state index contributed by atoms with van der Waals surface area (Å²) >= 11 is 0. The third kappa shape index (κ3) is 8.29. The highest BCUT2D eigenvalue weighted by atomic mass is 127. The van der Waals surface area contributed by atoms with Gasteiger partial charge in [0.2, 0.25) is 0 Å². The molecule has 0 aliphatic heterocycles. The highest BCUT2D eigenvalue weighted by molar-refractivity contribution is 14.0. The number of furan rings is 1. The van der Waals surface area contributed by atoms with Crippen molar-refractivity contribution >= 4 is 29.9 Å². The zero-order valence-corrected chi connectivity index (χ0v) is 17.4. The number of ether oxygens (including phenoxy) is 1. The molecule has 5 nitrogen and oxygen atoms in total. The summed E-state index contributed by atoms with van der Waals surface area (Å²) in [6, 6.07) is 12.0. The zero-order valence-electron chi connectivity index (χ0n) is 15.1. The molecule has 0 bridgehead atoms. The van der Waals surface area contributed by atoms with E-state index < -0.39 is 0 Å². The van der Waals surface area contributed by atoms with E-state index >= 15 is 0 Å². The van der Waals surface area contributed by atoms with Gasteiger partial charge in [-0.2, -0.15) is 0 Å². The molecule has 0 saturated carbocycles. The maximum Gasteiger partial charge on any atom is 0.191 e. The van der Waals surface area contributed by atoms with E-state index in [1.807, 2.05) is 24.3 Å². The fourth-order valence-electron chi connectivity index (χ4n) is 2.17. The van der Waals surface area contributed by atoms with Gasteiger partial charge in [0.05, 0.1) is 12.9 Å². The Hall–Kier alpha value is -1.70. The SMILES string of the molecule is CN=C(NCCc1ccco1)NCc1cccc(OCC(C)C)c1.I. The summed E-state index contributed by atoms with van der Waals surface area (Å²) in [5, 5.41) is 6.59. The highest BCUT2D eigenvalue weighted by Crippen LogP contribution is 2.14. The van der Waals surface area contributed by atoms with Crippen LogP contribution in [-0.4, -0.2) is 26.2 Å². The topological polar surface area (TPSA) is 58.8 Å². The smallest absolute Gasteiger partial charge is 0.191 e. The lowest BCUT2D eigenvalue weighted by Gasteiger charge is -2.13. The van der Waals surface area contributed by atoms with Crippen LogP contribution in [0.25, 0.3) is 0 Å². The predicted molar refractivity (Wildman–Crippen MR) is 113 cm³/mol. The van der Waals surface area contributed by atoms with Crippen LogP contribution in [0.3, 0.4) is 0 Å². The number of hydrogen-bond acceptors (Lipinski definition) is 3. The van der Waals surface area contributed by atoms with E-state index in [1.165, 1.54) is 0 Å². The Balaban J connectivity index is 0.00000312. The van der Waals surface area contributed by atoms with Crippen LogP contribution in [0.5, 0.6) is 5.75 Å². The number of halogens is 1. The van der Waals surface area contributed by atoms with Crippen LogP contribution < -0.4 is 15.4 Å². The number of nitrogens with one attached hydrogen (secondary N) is 2. The Morgan fingerprint density at radius 3 is 2.72 bits per heavy atom. The van der Waals surface area contributed by atoms with Crippen molar-refractivity contribution in [3.63, 3.8) is 0 Å². The minimum atomic E-state index is 0. The summed E-state index contributed by atoms with van der Waals surface area (Å²) in [6.07, 6.45) is 2.52. The van der Waals surface area contributed by atoms with Crippen LogP contribution in [0.4, 0.5) is 0 Å². The van der Waals surface area contributed by atoms with Gasteiger partial charge in [-0.1, -0.05) is 26.0 Å². The molecular weight excluding hydrogens is 429 g/mol. The van der Waals surface area contributed by atoms with Crippen LogP contribution in [0.15, 0.2) is 52.1 Å². The summed E-state index contributed by atoms with van der Waals surface area (Å²) in [7, 11) is 1.77. The van der Waals surface area contributed by atoms with E-state index in [0.29, 0.717) is 12.5 Å². The van der Waals surface area contributed by atoms with Crippen LogP contribution >= 0.6 is 24.0 Å². The molecule has 0 radical (unpaired) electrons. The zero-order chi connectivity index (χ0) is 17.2. The van der Waals surface area contributed by atoms with Gasteiger partial charge < -0.3 is 19.8 Å². The van der Waals surface area contributed by atoms with Gasteiger partial charge in [0, 0.05) is 26.6 Å². The number of benzene rings is 1. The highest BCUT2D eigenvalue weighted by Gasteiger charge is 2.02. The second-order valence-electron chi connectivity index (χ2n) is 6.03. The maximum atomic E-state index is 5.76. The molecule has 1 aromatic carbocycles. The molecule has 0 fully saturated rings. The molecular formula is C19H28IN3O2. The predicted octanol–water partition coefficient (Wildman–Crippen LogP) is 3.84. The van der Waals surface area contributed by atoms with Crippen molar-refractivity contribution in [2.75, 3.05) is 20.2 Å². The minimum absolute atomic E-state index is 0. The average Bonchev–Trinajstić information content (AvgIpc) is 3.10. The van der Waals surface area contributed by atoms with Crippen LogP contribution in [-0.2, 0) is 13.0 Å². The van der Waals surface area contributed by atoms with Crippen molar-refractivity contribution in [2.24, 2.45) is 10.9 Å². The number of nitrogens with zero attached hydrogens (tertiary/aromatic N) is 1. The van der Waals surface area contributed by atoms with Gasteiger partial charge in [-0.05, 0) is 35.7 Å². The summed E-state index contributed by atoms with van der Waals surface area (Å²) in [5.74, 6) is 3.16. The van der Waals surface area contributed by atoms with E-state index in [2.05, 4.69) is 41.6 Å². The van der Waals surface area contributed by atoms with Crippen molar-refractivity contribution in [3.05, 3.63) is 54.0 Å². The molecule has 0 unspecified atom stereocenters. The molecule has 2 N–H and O–H groups in total. The van der Waals surface area contributed by atoms with E-state index in [0.717, 1.165) is 42.6 Å². The van der Waals surface area contributed by atoms with Gasteiger partial charge in [0.25, 0.3) is 0 Å². The maximum absolute atomic E-state index is 5.76. The Morgan fingerprint density at radius 2 is 2.04 bits per heavy atom. The lowest BCUT2D eigenvalue weighted by Crippen LogP contribution is -2.37. The van der Waals surface area contributed by atoms with Crippen LogP contribution in [0, 0.1) is 5.92 Å². The van der Waals surface area contributed by atoms with Gasteiger partial charge in [0.15, 0.2) is 5.96 Å². The summed E-state index contributed by atoms with van der Waals surface area (Å²) in [5.41, 5.74) is 1.16. The lowest BCUT2D eigenvalue weighted by molar-refractivity contribution is 0.271.